The number of piperidine rings is 1. The van der Waals surface area contributed by atoms with E-state index >= 15 is 0 Å². The molecule has 0 atom stereocenters. The van der Waals surface area contributed by atoms with E-state index in [0.29, 0.717) is 61.7 Å². The summed E-state index contributed by atoms with van der Waals surface area (Å²) in [6.45, 7) is 3.76. The fourth-order valence-electron chi connectivity index (χ4n) is 5.83. The number of alkyl halides is 3. The number of ether oxygens (including phenoxy) is 1. The summed E-state index contributed by atoms with van der Waals surface area (Å²) in [7, 11) is -3.80. The second-order valence-corrected chi connectivity index (χ2v) is 13.4. The molecule has 2 aliphatic heterocycles. The van der Waals surface area contributed by atoms with Gasteiger partial charge in [0.05, 0.1) is 17.0 Å². The number of pyridine rings is 1. The van der Waals surface area contributed by atoms with Crippen molar-refractivity contribution in [3.05, 3.63) is 101 Å². The van der Waals surface area contributed by atoms with Gasteiger partial charge in [0.1, 0.15) is 5.75 Å². The largest absolute Gasteiger partial charge is 0.438 e. The van der Waals surface area contributed by atoms with Crippen LogP contribution in [0.3, 0.4) is 0 Å². The summed E-state index contributed by atoms with van der Waals surface area (Å²) < 4.78 is 72.9. The van der Waals surface area contributed by atoms with Gasteiger partial charge in [0.25, 0.3) is 5.91 Å². The molecule has 0 spiro atoms. The maximum atomic E-state index is 13.6. The summed E-state index contributed by atoms with van der Waals surface area (Å²) in [6, 6.07) is 19.6. The van der Waals surface area contributed by atoms with Crippen LogP contribution in [0.15, 0.2) is 79.0 Å². The van der Waals surface area contributed by atoms with Gasteiger partial charge in [0.2, 0.25) is 15.9 Å². The van der Waals surface area contributed by atoms with E-state index in [9.17, 15) is 26.4 Å². The van der Waals surface area contributed by atoms with E-state index in [-0.39, 0.29) is 29.1 Å². The van der Waals surface area contributed by atoms with Gasteiger partial charge in [-0.1, -0.05) is 42.5 Å². The number of sulfonamides is 1. The number of halogens is 3. The number of anilines is 2. The van der Waals surface area contributed by atoms with Gasteiger partial charge in [0.15, 0.2) is 11.5 Å². The van der Waals surface area contributed by atoms with Crippen molar-refractivity contribution >= 4 is 27.4 Å². The maximum absolute atomic E-state index is 13.6. The van der Waals surface area contributed by atoms with Crippen molar-refractivity contribution in [3.8, 4) is 11.6 Å². The molecule has 6 rings (SSSR count). The van der Waals surface area contributed by atoms with Gasteiger partial charge >= 0.3 is 6.18 Å². The number of nitrogens with zero attached hydrogens (tertiary/aromatic N) is 5. The van der Waals surface area contributed by atoms with E-state index in [4.69, 9.17) is 4.74 Å². The summed E-state index contributed by atoms with van der Waals surface area (Å²) in [5.74, 6) is 0.593. The fraction of sp³-hybridized carbons (Fsp3) is 0.333. The lowest BCUT2D eigenvalue weighted by atomic mass is 9.89. The Balaban J connectivity index is 1.10. The lowest BCUT2D eigenvalue weighted by Crippen LogP contribution is -2.44. The number of nitrogens with one attached hydrogen (secondary N) is 2. The van der Waals surface area contributed by atoms with Crippen LogP contribution in [0.5, 0.6) is 11.6 Å². The van der Waals surface area contributed by atoms with Crippen molar-refractivity contribution in [1.29, 1.82) is 0 Å². The van der Waals surface area contributed by atoms with Crippen LogP contribution in [0.4, 0.5) is 24.7 Å². The topological polar surface area (TPSA) is 130 Å². The first-order valence-electron chi connectivity index (χ1n) is 15.5. The Morgan fingerprint density at radius 1 is 0.938 bits per heavy atom. The zero-order chi connectivity index (χ0) is 33.7. The standard InChI is InChI=1S/C33H34F3N7O4S/c34-33(35,36)29-10-11-30(40-39-29)47-27-8-6-24(7-9-27)25-12-16-43(17-13-25)32(44)26-20-28(31(38-21-26)42-18-14-37-15-19-42)41-48(45,46)22-23-4-2-1-3-5-23/h1-11,20-21,25,37,41H,12-19,22H2. The van der Waals surface area contributed by atoms with Crippen LogP contribution < -0.4 is 19.7 Å². The van der Waals surface area contributed by atoms with Crippen molar-refractivity contribution in [1.82, 2.24) is 25.4 Å². The van der Waals surface area contributed by atoms with E-state index in [1.54, 1.807) is 47.4 Å². The number of rotatable bonds is 9. The lowest BCUT2D eigenvalue weighted by Gasteiger charge is -2.33. The van der Waals surface area contributed by atoms with Crippen LogP contribution in [-0.2, 0) is 22.0 Å². The second-order valence-electron chi connectivity index (χ2n) is 11.7. The summed E-state index contributed by atoms with van der Waals surface area (Å²) in [6.07, 6.45) is -1.65. The highest BCUT2D eigenvalue weighted by atomic mass is 32.2. The van der Waals surface area contributed by atoms with Crippen LogP contribution in [0.1, 0.15) is 45.9 Å². The van der Waals surface area contributed by atoms with Gasteiger partial charge in [-0.3, -0.25) is 9.52 Å². The third-order valence-electron chi connectivity index (χ3n) is 8.28. The zero-order valence-electron chi connectivity index (χ0n) is 25.9. The molecule has 2 aromatic heterocycles. The van der Waals surface area contributed by atoms with Crippen LogP contribution >= 0.6 is 0 Å². The first kappa shape index (κ1) is 33.2. The highest BCUT2D eigenvalue weighted by molar-refractivity contribution is 7.91. The third-order valence-corrected chi connectivity index (χ3v) is 9.53. The van der Waals surface area contributed by atoms with Crippen molar-refractivity contribution in [2.75, 3.05) is 48.9 Å². The van der Waals surface area contributed by atoms with E-state index in [0.717, 1.165) is 30.8 Å². The van der Waals surface area contributed by atoms with Gasteiger partial charge in [0, 0.05) is 51.5 Å². The van der Waals surface area contributed by atoms with Gasteiger partial charge < -0.3 is 19.9 Å². The molecule has 1 amide bonds. The minimum absolute atomic E-state index is 0.0508. The number of carbonyl (C=O) groups is 1. The molecule has 0 aliphatic carbocycles. The summed E-state index contributed by atoms with van der Waals surface area (Å²) in [5, 5.41) is 9.95. The summed E-state index contributed by atoms with van der Waals surface area (Å²) in [5.41, 5.74) is 1.18. The van der Waals surface area contributed by atoms with Crippen LogP contribution in [-0.4, -0.2) is 73.7 Å². The third kappa shape index (κ3) is 8.20. The number of aromatic nitrogens is 3. The molecule has 0 radical (unpaired) electrons. The number of hydrogen-bond donors (Lipinski definition) is 2. The first-order chi connectivity index (χ1) is 23.0. The van der Waals surface area contributed by atoms with E-state index in [1.807, 2.05) is 23.1 Å². The van der Waals surface area contributed by atoms with Crippen molar-refractivity contribution in [2.24, 2.45) is 0 Å². The Morgan fingerprint density at radius 3 is 2.29 bits per heavy atom. The van der Waals surface area contributed by atoms with Gasteiger partial charge in [-0.2, -0.15) is 13.2 Å². The quantitative estimate of drug-likeness (QED) is 0.249. The van der Waals surface area contributed by atoms with Crippen molar-refractivity contribution in [2.45, 2.75) is 30.7 Å². The molecule has 48 heavy (non-hydrogen) atoms. The van der Waals surface area contributed by atoms with Crippen LogP contribution in [0.25, 0.3) is 0 Å². The Bertz CT molecular complexity index is 1810. The number of carbonyl (C=O) groups excluding carboxylic acids is 1. The predicted molar refractivity (Wildman–Crippen MR) is 173 cm³/mol. The van der Waals surface area contributed by atoms with E-state index in [2.05, 4.69) is 25.2 Å². The molecule has 0 unspecified atom stereocenters. The molecule has 2 saturated heterocycles. The molecule has 2 N–H and O–H groups in total. The van der Waals surface area contributed by atoms with E-state index in [1.165, 1.54) is 6.20 Å². The molecule has 4 aromatic rings. The number of amides is 1. The molecule has 2 aliphatic rings. The molecule has 4 heterocycles. The Hall–Kier alpha value is -4.76. The molecular weight excluding hydrogens is 647 g/mol. The Labute approximate surface area is 276 Å². The fourth-order valence-corrected chi connectivity index (χ4v) is 7.02. The van der Waals surface area contributed by atoms with E-state index < -0.39 is 21.9 Å². The smallest absolute Gasteiger partial charge is 0.435 e. The Morgan fingerprint density at radius 2 is 1.65 bits per heavy atom. The zero-order valence-corrected chi connectivity index (χ0v) is 26.7. The highest BCUT2D eigenvalue weighted by Gasteiger charge is 2.33. The second kappa shape index (κ2) is 14.2. The van der Waals surface area contributed by atoms with Gasteiger partial charge in [-0.15, -0.1) is 10.2 Å². The molecule has 0 bridgehead atoms. The summed E-state index contributed by atoms with van der Waals surface area (Å²) in [4.78, 5) is 22.0. The average molecular weight is 682 g/mol. The lowest BCUT2D eigenvalue weighted by molar-refractivity contribution is -0.141. The molecule has 2 aromatic carbocycles. The summed E-state index contributed by atoms with van der Waals surface area (Å²) >= 11 is 0. The minimum atomic E-state index is -4.58. The molecule has 11 nitrogen and oxygen atoms in total. The van der Waals surface area contributed by atoms with Crippen LogP contribution in [0.2, 0.25) is 0 Å². The normalized spacial score (nSPS) is 16.1. The molecular formula is C33H34F3N7O4S. The molecule has 252 valence electrons. The monoisotopic (exact) mass is 681 g/mol. The number of hydrogen-bond acceptors (Lipinski definition) is 9. The van der Waals surface area contributed by atoms with Crippen LogP contribution in [0, 0.1) is 0 Å². The van der Waals surface area contributed by atoms with Crippen molar-refractivity contribution < 1.29 is 31.1 Å². The SMILES string of the molecule is O=C(c1cnc(N2CCNCC2)c(NS(=O)(=O)Cc2ccccc2)c1)N1CCC(c2ccc(Oc3ccc(C(F)(F)F)nn3)cc2)CC1. The average Bonchev–Trinajstić information content (AvgIpc) is 3.09. The first-order valence-corrected chi connectivity index (χ1v) is 17.2. The number of piperazine rings is 1. The minimum Gasteiger partial charge on any atom is -0.438 e. The predicted octanol–water partition coefficient (Wildman–Crippen LogP) is 5.05. The maximum Gasteiger partial charge on any atom is 0.435 e. The molecule has 2 fully saturated rings. The molecule has 15 heteroatoms. The Kier molecular flexibility index (Phi) is 9.78. The van der Waals surface area contributed by atoms with Gasteiger partial charge in [-0.05, 0) is 54.2 Å². The van der Waals surface area contributed by atoms with Gasteiger partial charge in [-0.25, -0.2) is 13.4 Å². The number of likely N-dealkylation sites (tertiary alicyclic amines) is 1. The number of benzene rings is 2. The molecule has 0 saturated carbocycles. The highest BCUT2D eigenvalue weighted by Crippen LogP contribution is 2.33. The van der Waals surface area contributed by atoms with Crippen molar-refractivity contribution in [3.63, 3.8) is 0 Å².